The molecule has 1 aromatic heterocycles. The molecule has 0 saturated heterocycles. The van der Waals surface area contributed by atoms with E-state index in [0.717, 1.165) is 11.3 Å². The summed E-state index contributed by atoms with van der Waals surface area (Å²) in [6.07, 6.45) is 1.76. The van der Waals surface area contributed by atoms with E-state index in [1.165, 1.54) is 4.90 Å². The first-order valence-electron chi connectivity index (χ1n) is 6.76. The Morgan fingerprint density at radius 3 is 2.71 bits per heavy atom. The fourth-order valence-electron chi connectivity index (χ4n) is 1.92. The lowest BCUT2D eigenvalue weighted by Gasteiger charge is -2.23. The first-order valence-corrected chi connectivity index (χ1v) is 6.76. The molecule has 6 heteroatoms. The van der Waals surface area contributed by atoms with Crippen LogP contribution in [0.5, 0.6) is 0 Å². The zero-order valence-electron chi connectivity index (χ0n) is 12.4. The summed E-state index contributed by atoms with van der Waals surface area (Å²) in [6.45, 7) is 1.70. The van der Waals surface area contributed by atoms with Crippen molar-refractivity contribution in [1.82, 2.24) is 14.7 Å². The summed E-state index contributed by atoms with van der Waals surface area (Å²) < 4.78 is 1.66. The molecule has 1 unspecified atom stereocenters. The van der Waals surface area contributed by atoms with Crippen LogP contribution in [0.2, 0.25) is 0 Å². The maximum Gasteiger partial charge on any atom is 0.322 e. The number of aliphatic hydroxyl groups excluding tert-OH is 1. The first-order chi connectivity index (χ1) is 10.0. The van der Waals surface area contributed by atoms with Crippen LogP contribution >= 0.6 is 0 Å². The highest BCUT2D eigenvalue weighted by Crippen LogP contribution is 2.26. The van der Waals surface area contributed by atoms with E-state index in [2.05, 4.69) is 10.4 Å². The summed E-state index contributed by atoms with van der Waals surface area (Å²) in [6, 6.07) is 9.14. The number of aromatic nitrogens is 2. The number of aliphatic hydroxyl groups is 1. The van der Waals surface area contributed by atoms with Crippen LogP contribution in [-0.4, -0.2) is 45.5 Å². The van der Waals surface area contributed by atoms with E-state index >= 15 is 0 Å². The molecule has 0 spiro atoms. The molecule has 0 fully saturated rings. The van der Waals surface area contributed by atoms with E-state index in [4.69, 9.17) is 5.11 Å². The molecular formula is C15H20N4O2. The number of likely N-dealkylation sites (N-methyl/N-ethyl adjacent to an activating group) is 1. The third kappa shape index (κ3) is 3.41. The van der Waals surface area contributed by atoms with Crippen LogP contribution < -0.4 is 5.32 Å². The Kier molecular flexibility index (Phi) is 4.59. The minimum Gasteiger partial charge on any atom is -0.394 e. The second-order valence-corrected chi connectivity index (χ2v) is 5.00. The molecule has 1 aromatic carbocycles. The number of anilines is 1. The average molecular weight is 288 g/mol. The number of hydrogen-bond acceptors (Lipinski definition) is 3. The zero-order chi connectivity index (χ0) is 15.4. The Morgan fingerprint density at radius 1 is 1.43 bits per heavy atom. The van der Waals surface area contributed by atoms with Crippen molar-refractivity contribution in [2.24, 2.45) is 7.05 Å². The molecule has 0 radical (unpaired) electrons. The van der Waals surface area contributed by atoms with E-state index in [0.29, 0.717) is 5.69 Å². The molecule has 0 aliphatic heterocycles. The van der Waals surface area contributed by atoms with Crippen molar-refractivity contribution in [3.63, 3.8) is 0 Å². The van der Waals surface area contributed by atoms with Gasteiger partial charge in [-0.2, -0.15) is 5.10 Å². The van der Waals surface area contributed by atoms with Gasteiger partial charge in [0.2, 0.25) is 0 Å². The number of aryl methyl sites for hydroxylation is 1. The molecule has 2 aromatic rings. The van der Waals surface area contributed by atoms with Crippen molar-refractivity contribution in [3.05, 3.63) is 36.5 Å². The van der Waals surface area contributed by atoms with Crippen molar-refractivity contribution in [2.75, 3.05) is 19.0 Å². The number of nitrogens with zero attached hydrogens (tertiary/aromatic N) is 3. The predicted octanol–water partition coefficient (Wildman–Crippen LogP) is 1.93. The van der Waals surface area contributed by atoms with Gasteiger partial charge in [-0.25, -0.2) is 4.79 Å². The fraction of sp³-hybridized carbons (Fsp3) is 0.333. The van der Waals surface area contributed by atoms with Gasteiger partial charge in [-0.1, -0.05) is 30.3 Å². The molecule has 0 aliphatic rings. The lowest BCUT2D eigenvalue weighted by molar-refractivity contribution is 0.166. The minimum absolute atomic E-state index is 0.0809. The number of carbonyl (C=O) groups excluding carboxylic acids is 1. The number of benzene rings is 1. The molecule has 2 amide bonds. The van der Waals surface area contributed by atoms with Crippen LogP contribution in [0.1, 0.15) is 6.92 Å². The highest BCUT2D eigenvalue weighted by atomic mass is 16.3. The van der Waals surface area contributed by atoms with E-state index in [1.807, 2.05) is 37.4 Å². The normalized spacial score (nSPS) is 12.0. The molecule has 2 rings (SSSR count). The number of nitrogens with one attached hydrogen (secondary N) is 1. The van der Waals surface area contributed by atoms with Gasteiger partial charge < -0.3 is 15.3 Å². The van der Waals surface area contributed by atoms with Gasteiger partial charge in [0.25, 0.3) is 0 Å². The number of carbonyl (C=O) groups is 1. The maximum absolute atomic E-state index is 12.2. The molecule has 21 heavy (non-hydrogen) atoms. The van der Waals surface area contributed by atoms with E-state index < -0.39 is 0 Å². The Morgan fingerprint density at radius 2 is 2.10 bits per heavy atom. The Balaban J connectivity index is 2.23. The molecule has 0 saturated carbocycles. The van der Waals surface area contributed by atoms with Crippen LogP contribution in [-0.2, 0) is 7.05 Å². The Hall–Kier alpha value is -2.34. The van der Waals surface area contributed by atoms with E-state index in [1.54, 1.807) is 24.9 Å². The topological polar surface area (TPSA) is 70.4 Å². The fourth-order valence-corrected chi connectivity index (χ4v) is 1.92. The Labute approximate surface area is 124 Å². The molecule has 1 atom stereocenters. The highest BCUT2D eigenvalue weighted by molar-refractivity contribution is 5.93. The van der Waals surface area contributed by atoms with Crippen LogP contribution in [0.3, 0.4) is 0 Å². The van der Waals surface area contributed by atoms with E-state index in [9.17, 15) is 4.79 Å². The second-order valence-electron chi connectivity index (χ2n) is 5.00. The van der Waals surface area contributed by atoms with Gasteiger partial charge in [0.1, 0.15) is 5.69 Å². The van der Waals surface area contributed by atoms with Crippen LogP contribution in [0.25, 0.3) is 11.3 Å². The van der Waals surface area contributed by atoms with Crippen molar-refractivity contribution in [1.29, 1.82) is 0 Å². The average Bonchev–Trinajstić information content (AvgIpc) is 2.87. The summed E-state index contributed by atoms with van der Waals surface area (Å²) >= 11 is 0. The summed E-state index contributed by atoms with van der Waals surface area (Å²) in [7, 11) is 3.46. The van der Waals surface area contributed by atoms with Gasteiger partial charge in [-0.05, 0) is 6.92 Å². The van der Waals surface area contributed by atoms with Gasteiger partial charge in [0.15, 0.2) is 0 Å². The van der Waals surface area contributed by atoms with Crippen LogP contribution in [0.15, 0.2) is 36.5 Å². The number of amides is 2. The van der Waals surface area contributed by atoms with Crippen molar-refractivity contribution >= 4 is 11.7 Å². The number of rotatable bonds is 4. The van der Waals surface area contributed by atoms with Gasteiger partial charge in [-0.3, -0.25) is 4.68 Å². The third-order valence-corrected chi connectivity index (χ3v) is 3.36. The van der Waals surface area contributed by atoms with E-state index in [-0.39, 0.29) is 18.7 Å². The van der Waals surface area contributed by atoms with Gasteiger partial charge >= 0.3 is 6.03 Å². The van der Waals surface area contributed by atoms with Crippen LogP contribution in [0.4, 0.5) is 10.5 Å². The SMILES string of the molecule is CC(CO)N(C)C(=O)Nc1cn(C)nc1-c1ccccc1. The first kappa shape index (κ1) is 15.1. The maximum atomic E-state index is 12.2. The molecular weight excluding hydrogens is 268 g/mol. The molecule has 112 valence electrons. The molecule has 0 aliphatic carbocycles. The monoisotopic (exact) mass is 288 g/mol. The Bertz CT molecular complexity index is 609. The van der Waals surface area contributed by atoms with Gasteiger partial charge in [0.05, 0.1) is 18.3 Å². The van der Waals surface area contributed by atoms with Crippen molar-refractivity contribution in [2.45, 2.75) is 13.0 Å². The standard InChI is InChI=1S/C15H20N4O2/c1-11(10-20)19(3)15(21)16-13-9-18(2)17-14(13)12-7-5-4-6-8-12/h4-9,11,20H,10H2,1-3H3,(H,16,21). The minimum atomic E-state index is -0.276. The van der Waals surface area contributed by atoms with Gasteiger partial charge in [0, 0.05) is 25.9 Å². The highest BCUT2D eigenvalue weighted by Gasteiger charge is 2.18. The third-order valence-electron chi connectivity index (χ3n) is 3.36. The smallest absolute Gasteiger partial charge is 0.322 e. The zero-order valence-corrected chi connectivity index (χ0v) is 12.4. The quantitative estimate of drug-likeness (QED) is 0.903. The predicted molar refractivity (Wildman–Crippen MR) is 82.0 cm³/mol. The van der Waals surface area contributed by atoms with Crippen molar-refractivity contribution in [3.8, 4) is 11.3 Å². The lowest BCUT2D eigenvalue weighted by Crippen LogP contribution is -2.40. The summed E-state index contributed by atoms with van der Waals surface area (Å²) in [4.78, 5) is 13.6. The molecule has 0 bridgehead atoms. The molecule has 1 heterocycles. The summed E-state index contributed by atoms with van der Waals surface area (Å²) in [5.74, 6) is 0. The summed E-state index contributed by atoms with van der Waals surface area (Å²) in [5.41, 5.74) is 2.30. The molecule has 6 nitrogen and oxygen atoms in total. The van der Waals surface area contributed by atoms with Gasteiger partial charge in [-0.15, -0.1) is 0 Å². The summed E-state index contributed by atoms with van der Waals surface area (Å²) in [5, 5.41) is 16.3. The lowest BCUT2D eigenvalue weighted by atomic mass is 10.1. The molecule has 2 N–H and O–H groups in total. The van der Waals surface area contributed by atoms with Crippen LogP contribution in [0, 0.1) is 0 Å². The largest absolute Gasteiger partial charge is 0.394 e. The number of hydrogen-bond donors (Lipinski definition) is 2. The second kappa shape index (κ2) is 6.41. The van der Waals surface area contributed by atoms with Crippen molar-refractivity contribution < 1.29 is 9.90 Å². The number of urea groups is 1.